The second-order valence-electron chi connectivity index (χ2n) is 4.98. The summed E-state index contributed by atoms with van der Waals surface area (Å²) in [6.07, 6.45) is 7.29. The number of ketones is 1. The molecular weight excluding hydrogens is 210 g/mol. The summed E-state index contributed by atoms with van der Waals surface area (Å²) in [5.41, 5.74) is -0.161. The first kappa shape index (κ1) is 16.6. The van der Waals surface area contributed by atoms with E-state index < -0.39 is 0 Å². The predicted molar refractivity (Wildman–Crippen MR) is 75.4 cm³/mol. The molecule has 0 aliphatic carbocycles. The van der Waals surface area contributed by atoms with Gasteiger partial charge in [0.05, 0.1) is 5.54 Å². The van der Waals surface area contributed by atoms with E-state index in [1.165, 1.54) is 32.1 Å². The largest absolute Gasteiger partial charge is 0.298 e. The Morgan fingerprint density at radius 2 is 1.88 bits per heavy atom. The molecule has 1 aliphatic rings. The zero-order valence-electron chi connectivity index (χ0n) is 12.5. The van der Waals surface area contributed by atoms with Crippen LogP contribution in [0.2, 0.25) is 0 Å². The molecule has 0 aromatic heterocycles. The number of unbranched alkanes of at least 4 members (excludes halogenated alkanes) is 2. The van der Waals surface area contributed by atoms with Crippen LogP contribution in [-0.4, -0.2) is 29.3 Å². The van der Waals surface area contributed by atoms with Crippen LogP contribution in [0.15, 0.2) is 0 Å². The lowest BCUT2D eigenvalue weighted by atomic mass is 9.85. The summed E-state index contributed by atoms with van der Waals surface area (Å²) in [5.74, 6) is 0.346. The van der Waals surface area contributed by atoms with Gasteiger partial charge in [-0.3, -0.25) is 9.69 Å². The first-order valence-corrected chi connectivity index (χ1v) is 7.37. The van der Waals surface area contributed by atoms with Crippen molar-refractivity contribution in [2.75, 3.05) is 13.1 Å². The highest BCUT2D eigenvalue weighted by atomic mass is 16.1. The van der Waals surface area contributed by atoms with E-state index in [2.05, 4.69) is 18.7 Å². The van der Waals surface area contributed by atoms with E-state index >= 15 is 0 Å². The molecule has 0 aromatic rings. The van der Waals surface area contributed by atoms with Crippen LogP contribution in [0.25, 0.3) is 0 Å². The van der Waals surface area contributed by atoms with Crippen molar-refractivity contribution in [2.45, 2.75) is 78.7 Å². The molecule has 2 heteroatoms. The van der Waals surface area contributed by atoms with Gasteiger partial charge in [-0.25, -0.2) is 0 Å². The van der Waals surface area contributed by atoms with E-state index in [9.17, 15) is 4.79 Å². The van der Waals surface area contributed by atoms with Gasteiger partial charge in [0.1, 0.15) is 5.78 Å². The highest BCUT2D eigenvalue weighted by molar-refractivity contribution is 5.85. The van der Waals surface area contributed by atoms with Gasteiger partial charge < -0.3 is 0 Å². The Kier molecular flexibility index (Phi) is 8.49. The molecule has 1 unspecified atom stereocenters. The van der Waals surface area contributed by atoms with Crippen LogP contribution < -0.4 is 0 Å². The van der Waals surface area contributed by atoms with E-state index in [-0.39, 0.29) is 5.54 Å². The maximum Gasteiger partial charge on any atom is 0.149 e. The van der Waals surface area contributed by atoms with Crippen LogP contribution in [0.3, 0.4) is 0 Å². The number of likely N-dealkylation sites (tertiary alicyclic amines) is 1. The van der Waals surface area contributed by atoms with Crippen molar-refractivity contribution < 1.29 is 4.79 Å². The van der Waals surface area contributed by atoms with Gasteiger partial charge in [0, 0.05) is 0 Å². The molecule has 102 valence electrons. The minimum atomic E-state index is -0.161. The van der Waals surface area contributed by atoms with Crippen LogP contribution in [0.5, 0.6) is 0 Å². The summed E-state index contributed by atoms with van der Waals surface area (Å²) in [6.45, 7) is 12.3. The Bertz CT molecular complexity index is 215. The number of nitrogens with zero attached hydrogens (tertiary/aromatic N) is 1. The Balaban J connectivity index is 0.00000121. The monoisotopic (exact) mass is 241 g/mol. The van der Waals surface area contributed by atoms with E-state index in [4.69, 9.17) is 0 Å². The van der Waals surface area contributed by atoms with Crippen molar-refractivity contribution in [1.82, 2.24) is 4.90 Å². The normalized spacial score (nSPS) is 25.0. The van der Waals surface area contributed by atoms with Crippen LogP contribution >= 0.6 is 0 Å². The minimum absolute atomic E-state index is 0.161. The van der Waals surface area contributed by atoms with Gasteiger partial charge in [0.15, 0.2) is 0 Å². The first-order valence-electron chi connectivity index (χ1n) is 7.37. The van der Waals surface area contributed by atoms with Crippen molar-refractivity contribution in [3.05, 3.63) is 0 Å². The Labute approximate surface area is 108 Å². The molecule has 1 rings (SSSR count). The van der Waals surface area contributed by atoms with Gasteiger partial charge in [-0.2, -0.15) is 0 Å². The number of Topliss-reactive ketones (excluding diaryl/α,β-unsaturated/α-hetero) is 1. The van der Waals surface area contributed by atoms with Crippen LogP contribution in [0.4, 0.5) is 0 Å². The van der Waals surface area contributed by atoms with Crippen molar-refractivity contribution in [3.63, 3.8) is 0 Å². The highest BCUT2D eigenvalue weighted by Crippen LogP contribution is 2.28. The fourth-order valence-corrected chi connectivity index (χ4v) is 2.49. The van der Waals surface area contributed by atoms with E-state index in [1.54, 1.807) is 6.92 Å². The quantitative estimate of drug-likeness (QED) is 0.677. The van der Waals surface area contributed by atoms with E-state index in [0.717, 1.165) is 19.5 Å². The van der Waals surface area contributed by atoms with Crippen LogP contribution in [0.1, 0.15) is 73.1 Å². The second-order valence-corrected chi connectivity index (χ2v) is 4.98. The summed E-state index contributed by atoms with van der Waals surface area (Å²) in [5, 5.41) is 0. The molecule has 17 heavy (non-hydrogen) atoms. The molecule has 1 saturated heterocycles. The molecule has 1 aliphatic heterocycles. The predicted octanol–water partition coefficient (Wildman–Crippen LogP) is 4.04. The van der Waals surface area contributed by atoms with Gasteiger partial charge in [-0.05, 0) is 52.6 Å². The summed E-state index contributed by atoms with van der Waals surface area (Å²) < 4.78 is 0. The van der Waals surface area contributed by atoms with E-state index in [0.29, 0.717) is 5.78 Å². The molecule has 1 fully saturated rings. The highest BCUT2D eigenvalue weighted by Gasteiger charge is 2.37. The number of carbonyl (C=O) groups is 1. The van der Waals surface area contributed by atoms with Gasteiger partial charge >= 0.3 is 0 Å². The summed E-state index contributed by atoms with van der Waals surface area (Å²) in [6, 6.07) is 0. The van der Waals surface area contributed by atoms with Crippen molar-refractivity contribution in [2.24, 2.45) is 0 Å². The SMILES string of the molecule is CC.CCCCCN1CCCCC1(C)C(C)=O. The molecule has 0 N–H and O–H groups in total. The molecule has 2 nitrogen and oxygen atoms in total. The zero-order chi connectivity index (χ0) is 13.3. The average Bonchev–Trinajstić information content (AvgIpc) is 2.34. The lowest BCUT2D eigenvalue weighted by Gasteiger charge is -2.43. The zero-order valence-corrected chi connectivity index (χ0v) is 12.5. The molecule has 0 spiro atoms. The lowest BCUT2D eigenvalue weighted by Crippen LogP contribution is -2.54. The molecule has 0 saturated carbocycles. The second kappa shape index (κ2) is 8.68. The van der Waals surface area contributed by atoms with Crippen molar-refractivity contribution >= 4 is 5.78 Å². The Morgan fingerprint density at radius 1 is 1.24 bits per heavy atom. The Hall–Kier alpha value is -0.370. The van der Waals surface area contributed by atoms with Gasteiger partial charge in [0.25, 0.3) is 0 Å². The number of piperidine rings is 1. The number of hydrogen-bond donors (Lipinski definition) is 0. The van der Waals surface area contributed by atoms with Crippen molar-refractivity contribution in [1.29, 1.82) is 0 Å². The minimum Gasteiger partial charge on any atom is -0.298 e. The third kappa shape index (κ3) is 4.79. The Morgan fingerprint density at radius 3 is 2.41 bits per heavy atom. The molecular formula is C15H31NO. The first-order chi connectivity index (χ1) is 8.11. The van der Waals surface area contributed by atoms with Crippen LogP contribution in [0, 0.1) is 0 Å². The summed E-state index contributed by atoms with van der Waals surface area (Å²) in [7, 11) is 0. The average molecular weight is 241 g/mol. The van der Waals surface area contributed by atoms with Crippen LogP contribution in [-0.2, 0) is 4.79 Å². The fraction of sp³-hybridized carbons (Fsp3) is 0.933. The smallest absolute Gasteiger partial charge is 0.149 e. The fourth-order valence-electron chi connectivity index (χ4n) is 2.49. The standard InChI is InChI=1S/C13H25NO.C2H6/c1-4-5-7-10-14-11-8-6-9-13(14,3)12(2)15;1-2/h4-11H2,1-3H3;1-2H3. The summed E-state index contributed by atoms with van der Waals surface area (Å²) in [4.78, 5) is 14.1. The van der Waals surface area contributed by atoms with Gasteiger partial charge in [0.2, 0.25) is 0 Å². The maximum absolute atomic E-state index is 11.7. The molecule has 0 radical (unpaired) electrons. The molecule has 0 aromatic carbocycles. The summed E-state index contributed by atoms with van der Waals surface area (Å²) >= 11 is 0. The molecule has 0 amide bonds. The molecule has 1 atom stereocenters. The topological polar surface area (TPSA) is 20.3 Å². The molecule has 1 heterocycles. The third-order valence-electron chi connectivity index (χ3n) is 3.83. The number of rotatable bonds is 5. The van der Waals surface area contributed by atoms with E-state index in [1.807, 2.05) is 13.8 Å². The number of carbonyl (C=O) groups excluding carboxylic acids is 1. The van der Waals surface area contributed by atoms with Gasteiger partial charge in [-0.1, -0.05) is 33.6 Å². The number of hydrogen-bond acceptors (Lipinski definition) is 2. The molecule has 0 bridgehead atoms. The van der Waals surface area contributed by atoms with Crippen molar-refractivity contribution in [3.8, 4) is 0 Å². The lowest BCUT2D eigenvalue weighted by molar-refractivity contribution is -0.130. The third-order valence-corrected chi connectivity index (χ3v) is 3.83. The van der Waals surface area contributed by atoms with Gasteiger partial charge in [-0.15, -0.1) is 0 Å². The maximum atomic E-state index is 11.7.